The maximum absolute atomic E-state index is 12.2. The van der Waals surface area contributed by atoms with Gasteiger partial charge in [0, 0.05) is 43.4 Å². The number of urea groups is 1. The van der Waals surface area contributed by atoms with Crippen molar-refractivity contribution < 1.29 is 9.59 Å². The molecule has 0 bridgehead atoms. The van der Waals surface area contributed by atoms with Crippen LogP contribution < -0.4 is 15.5 Å². The summed E-state index contributed by atoms with van der Waals surface area (Å²) in [7, 11) is 1.85. The zero-order valence-corrected chi connectivity index (χ0v) is 18.0. The third-order valence-corrected chi connectivity index (χ3v) is 5.43. The quantitative estimate of drug-likeness (QED) is 0.593. The lowest BCUT2D eigenvalue weighted by Crippen LogP contribution is -2.50. The molecule has 2 N–H and O–H groups in total. The van der Waals surface area contributed by atoms with Gasteiger partial charge in [0.05, 0.1) is 18.1 Å². The van der Waals surface area contributed by atoms with E-state index in [2.05, 4.69) is 46.5 Å². The Morgan fingerprint density at radius 2 is 1.83 bits per heavy atom. The van der Waals surface area contributed by atoms with E-state index in [0.717, 1.165) is 34.4 Å². The van der Waals surface area contributed by atoms with Gasteiger partial charge < -0.3 is 10.2 Å². The molecule has 2 aromatic heterocycles. The van der Waals surface area contributed by atoms with Crippen molar-refractivity contribution in [2.24, 2.45) is 7.05 Å². The SMILES string of the molecule is Cn1ncc2c(N3CCN(CC(=O)NC(=O)Nc4ccc(Br)cc4)CC3)ncnc21. The van der Waals surface area contributed by atoms with Crippen molar-refractivity contribution >= 4 is 50.4 Å². The van der Waals surface area contributed by atoms with E-state index < -0.39 is 6.03 Å². The molecule has 1 saturated heterocycles. The average molecular weight is 473 g/mol. The van der Waals surface area contributed by atoms with Crippen LogP contribution in [0.3, 0.4) is 0 Å². The van der Waals surface area contributed by atoms with Gasteiger partial charge in [-0.15, -0.1) is 0 Å². The van der Waals surface area contributed by atoms with Crippen LogP contribution in [0.15, 0.2) is 41.3 Å². The van der Waals surface area contributed by atoms with Crippen molar-refractivity contribution in [1.82, 2.24) is 30.0 Å². The van der Waals surface area contributed by atoms with E-state index in [-0.39, 0.29) is 12.5 Å². The third-order valence-electron chi connectivity index (χ3n) is 4.90. The number of piperazine rings is 1. The van der Waals surface area contributed by atoms with Crippen molar-refractivity contribution in [2.75, 3.05) is 42.9 Å². The Kier molecular flexibility index (Phi) is 5.91. The lowest BCUT2D eigenvalue weighted by molar-refractivity contribution is -0.121. The first-order valence-corrected chi connectivity index (χ1v) is 10.3. The lowest BCUT2D eigenvalue weighted by Gasteiger charge is -2.35. The van der Waals surface area contributed by atoms with Gasteiger partial charge in [-0.1, -0.05) is 15.9 Å². The molecule has 0 saturated carbocycles. The monoisotopic (exact) mass is 472 g/mol. The standard InChI is InChI=1S/C19H21BrN8O2/c1-26-17-15(10-23-26)18(22-12-21-17)28-8-6-27(7-9-28)11-16(29)25-19(30)24-14-4-2-13(20)3-5-14/h2-5,10,12H,6-9,11H2,1H3,(H2,24,25,29,30). The second-order valence-corrected chi connectivity index (χ2v) is 7.89. The average Bonchev–Trinajstić information content (AvgIpc) is 3.11. The predicted octanol–water partition coefficient (Wildman–Crippen LogP) is 1.60. The number of hydrogen-bond acceptors (Lipinski definition) is 7. The Labute approximate surface area is 181 Å². The third kappa shape index (κ3) is 4.57. The normalized spacial score (nSPS) is 14.7. The second-order valence-electron chi connectivity index (χ2n) is 6.98. The first-order chi connectivity index (χ1) is 14.5. The molecule has 1 fully saturated rings. The van der Waals surface area contributed by atoms with Crippen molar-refractivity contribution in [3.8, 4) is 0 Å². The Morgan fingerprint density at radius 3 is 2.57 bits per heavy atom. The maximum Gasteiger partial charge on any atom is 0.325 e. The number of carbonyl (C=O) groups excluding carboxylic acids is 2. The number of amides is 3. The summed E-state index contributed by atoms with van der Waals surface area (Å²) in [6, 6.07) is 6.59. The number of rotatable bonds is 4. The first-order valence-electron chi connectivity index (χ1n) is 9.46. The second kappa shape index (κ2) is 8.76. The topological polar surface area (TPSA) is 108 Å². The Hall–Kier alpha value is -3.05. The number of nitrogens with zero attached hydrogens (tertiary/aromatic N) is 6. The molecular weight excluding hydrogens is 452 g/mol. The highest BCUT2D eigenvalue weighted by atomic mass is 79.9. The molecule has 1 aromatic carbocycles. The van der Waals surface area contributed by atoms with Gasteiger partial charge in [-0.3, -0.25) is 19.7 Å². The van der Waals surface area contributed by atoms with E-state index in [0.29, 0.717) is 18.8 Å². The number of carbonyl (C=O) groups is 2. The molecule has 30 heavy (non-hydrogen) atoms. The van der Waals surface area contributed by atoms with Gasteiger partial charge in [0.1, 0.15) is 12.1 Å². The molecule has 0 unspecified atom stereocenters. The molecule has 10 nitrogen and oxygen atoms in total. The van der Waals surface area contributed by atoms with E-state index in [4.69, 9.17) is 0 Å². The van der Waals surface area contributed by atoms with Crippen LogP contribution in [-0.4, -0.2) is 69.3 Å². The summed E-state index contributed by atoms with van der Waals surface area (Å²) in [5.74, 6) is 0.515. The van der Waals surface area contributed by atoms with Crippen molar-refractivity contribution in [1.29, 1.82) is 0 Å². The molecule has 1 aliphatic heterocycles. The summed E-state index contributed by atoms with van der Waals surface area (Å²) < 4.78 is 2.63. The molecule has 0 radical (unpaired) electrons. The van der Waals surface area contributed by atoms with Crippen LogP contribution in [0.2, 0.25) is 0 Å². The number of aryl methyl sites for hydroxylation is 1. The fourth-order valence-corrected chi connectivity index (χ4v) is 3.65. The van der Waals surface area contributed by atoms with Crippen LogP contribution in [0, 0.1) is 0 Å². The van der Waals surface area contributed by atoms with Crippen molar-refractivity contribution in [3.05, 3.63) is 41.3 Å². The summed E-state index contributed by atoms with van der Waals surface area (Å²) in [5.41, 5.74) is 1.40. The van der Waals surface area contributed by atoms with Gasteiger partial charge >= 0.3 is 6.03 Å². The number of nitrogens with one attached hydrogen (secondary N) is 2. The molecular formula is C19H21BrN8O2. The van der Waals surface area contributed by atoms with Crippen LogP contribution in [0.1, 0.15) is 0 Å². The molecule has 1 aliphatic rings. The van der Waals surface area contributed by atoms with Crippen LogP contribution in [0.5, 0.6) is 0 Å². The number of anilines is 2. The van der Waals surface area contributed by atoms with Gasteiger partial charge in [-0.05, 0) is 24.3 Å². The number of imide groups is 1. The lowest BCUT2D eigenvalue weighted by atomic mass is 10.2. The summed E-state index contributed by atoms with van der Waals surface area (Å²) >= 11 is 3.34. The van der Waals surface area contributed by atoms with E-state index in [1.54, 1.807) is 29.3 Å². The molecule has 0 atom stereocenters. The fourth-order valence-electron chi connectivity index (χ4n) is 3.38. The summed E-state index contributed by atoms with van der Waals surface area (Å²) in [6.45, 7) is 2.98. The minimum Gasteiger partial charge on any atom is -0.353 e. The highest BCUT2D eigenvalue weighted by molar-refractivity contribution is 9.10. The number of hydrogen-bond donors (Lipinski definition) is 2. The predicted molar refractivity (Wildman–Crippen MR) is 116 cm³/mol. The summed E-state index contributed by atoms with van der Waals surface area (Å²) in [4.78, 5) is 37.1. The smallest absolute Gasteiger partial charge is 0.325 e. The molecule has 0 aliphatic carbocycles. The van der Waals surface area contributed by atoms with Gasteiger partial charge in [-0.2, -0.15) is 5.10 Å². The molecule has 11 heteroatoms. The largest absolute Gasteiger partial charge is 0.353 e. The van der Waals surface area contributed by atoms with Gasteiger partial charge in [0.25, 0.3) is 0 Å². The molecule has 3 heterocycles. The number of halogens is 1. The van der Waals surface area contributed by atoms with Crippen molar-refractivity contribution in [3.63, 3.8) is 0 Å². The zero-order chi connectivity index (χ0) is 21.1. The highest BCUT2D eigenvalue weighted by Gasteiger charge is 2.22. The Balaban J connectivity index is 1.27. The van der Waals surface area contributed by atoms with Crippen LogP contribution in [0.4, 0.5) is 16.3 Å². The number of fused-ring (bicyclic) bond motifs is 1. The zero-order valence-electron chi connectivity index (χ0n) is 16.4. The minimum atomic E-state index is -0.541. The van der Waals surface area contributed by atoms with Gasteiger partial charge in [0.2, 0.25) is 5.91 Å². The van der Waals surface area contributed by atoms with Gasteiger partial charge in [0.15, 0.2) is 5.65 Å². The number of benzene rings is 1. The van der Waals surface area contributed by atoms with Crippen LogP contribution in [-0.2, 0) is 11.8 Å². The van der Waals surface area contributed by atoms with Gasteiger partial charge in [-0.25, -0.2) is 14.8 Å². The molecule has 156 valence electrons. The molecule has 0 spiro atoms. The van der Waals surface area contributed by atoms with E-state index in [1.807, 2.05) is 24.1 Å². The Bertz CT molecular complexity index is 1060. The summed E-state index contributed by atoms with van der Waals surface area (Å²) in [6.07, 6.45) is 3.32. The van der Waals surface area contributed by atoms with E-state index in [9.17, 15) is 9.59 Å². The fraction of sp³-hybridized carbons (Fsp3) is 0.316. The summed E-state index contributed by atoms with van der Waals surface area (Å²) in [5, 5.41) is 10.2. The molecule has 3 amide bonds. The maximum atomic E-state index is 12.2. The molecule has 4 rings (SSSR count). The van der Waals surface area contributed by atoms with Crippen molar-refractivity contribution in [2.45, 2.75) is 0 Å². The minimum absolute atomic E-state index is 0.160. The molecule has 3 aromatic rings. The first kappa shape index (κ1) is 20.2. The van der Waals surface area contributed by atoms with Crippen LogP contribution in [0.25, 0.3) is 11.0 Å². The Morgan fingerprint density at radius 1 is 1.10 bits per heavy atom. The highest BCUT2D eigenvalue weighted by Crippen LogP contribution is 2.23. The van der Waals surface area contributed by atoms with Crippen LogP contribution >= 0.6 is 15.9 Å². The number of aromatic nitrogens is 4. The van der Waals surface area contributed by atoms with E-state index in [1.165, 1.54) is 0 Å². The van der Waals surface area contributed by atoms with E-state index >= 15 is 0 Å².